The second-order valence-corrected chi connectivity index (χ2v) is 9.21. The number of piperidine rings is 1. The molecule has 2 saturated heterocycles. The maximum Gasteiger partial charge on any atom is 0.237 e. The van der Waals surface area contributed by atoms with E-state index in [-0.39, 0.29) is 29.5 Å². The SMILES string of the molecule is O=C(Nc1ccccc1O)C1CCN(CC(=O)N2CCC[C@H]2c2ccc3c(c2)OCCO3)CC1. The third-order valence-electron chi connectivity index (χ3n) is 7.00. The van der Waals surface area contributed by atoms with Gasteiger partial charge in [-0.3, -0.25) is 14.5 Å². The van der Waals surface area contributed by atoms with Crippen LogP contribution in [0.2, 0.25) is 0 Å². The Morgan fingerprint density at radius 1 is 0.971 bits per heavy atom. The summed E-state index contributed by atoms with van der Waals surface area (Å²) in [6.45, 7) is 3.64. The number of phenolic OH excluding ortho intramolecular Hbond substituents is 1. The number of ether oxygens (including phenoxy) is 2. The highest BCUT2D eigenvalue weighted by molar-refractivity contribution is 5.94. The van der Waals surface area contributed by atoms with E-state index in [1.54, 1.807) is 24.3 Å². The second-order valence-electron chi connectivity index (χ2n) is 9.21. The maximum absolute atomic E-state index is 13.2. The first kappa shape index (κ1) is 22.5. The first-order valence-corrected chi connectivity index (χ1v) is 12.1. The molecular formula is C26H31N3O5. The van der Waals surface area contributed by atoms with Crippen LogP contribution < -0.4 is 14.8 Å². The molecule has 2 amide bonds. The van der Waals surface area contributed by atoms with Crippen molar-refractivity contribution in [2.75, 3.05) is 44.7 Å². The minimum atomic E-state index is -0.122. The van der Waals surface area contributed by atoms with Gasteiger partial charge in [-0.25, -0.2) is 0 Å². The summed E-state index contributed by atoms with van der Waals surface area (Å²) in [5.74, 6) is 1.52. The molecule has 180 valence electrons. The molecule has 3 heterocycles. The number of carbonyl (C=O) groups is 2. The fourth-order valence-corrected chi connectivity index (χ4v) is 5.13. The lowest BCUT2D eigenvalue weighted by atomic mass is 9.95. The van der Waals surface area contributed by atoms with Gasteiger partial charge in [0.15, 0.2) is 11.5 Å². The Bertz CT molecular complexity index is 1050. The van der Waals surface area contributed by atoms with Gasteiger partial charge in [-0.1, -0.05) is 18.2 Å². The number of anilines is 1. The predicted molar refractivity (Wildman–Crippen MR) is 127 cm³/mol. The Labute approximate surface area is 199 Å². The Hall–Kier alpha value is -3.26. The van der Waals surface area contributed by atoms with Gasteiger partial charge in [0.1, 0.15) is 19.0 Å². The van der Waals surface area contributed by atoms with Crippen molar-refractivity contribution in [3.63, 3.8) is 0 Å². The predicted octanol–water partition coefficient (Wildman–Crippen LogP) is 3.18. The normalized spacial score (nSPS) is 20.8. The number of para-hydroxylation sites is 2. The zero-order chi connectivity index (χ0) is 23.5. The number of fused-ring (bicyclic) bond motifs is 1. The van der Waals surface area contributed by atoms with Crippen LogP contribution in [-0.4, -0.2) is 66.1 Å². The highest BCUT2D eigenvalue weighted by Gasteiger charge is 2.33. The molecule has 3 aliphatic rings. The lowest BCUT2D eigenvalue weighted by Crippen LogP contribution is -2.44. The topological polar surface area (TPSA) is 91.3 Å². The van der Waals surface area contributed by atoms with Crippen LogP contribution in [0.4, 0.5) is 5.69 Å². The number of amides is 2. The molecule has 0 radical (unpaired) electrons. The number of benzene rings is 2. The highest BCUT2D eigenvalue weighted by atomic mass is 16.6. The van der Waals surface area contributed by atoms with Crippen molar-refractivity contribution in [2.45, 2.75) is 31.7 Å². The molecule has 2 aromatic carbocycles. The monoisotopic (exact) mass is 465 g/mol. The van der Waals surface area contributed by atoms with Gasteiger partial charge in [0.05, 0.1) is 18.3 Å². The van der Waals surface area contributed by atoms with Gasteiger partial charge in [0, 0.05) is 12.5 Å². The average molecular weight is 466 g/mol. The zero-order valence-electron chi connectivity index (χ0n) is 19.2. The van der Waals surface area contributed by atoms with E-state index in [0.717, 1.165) is 36.4 Å². The van der Waals surface area contributed by atoms with Crippen molar-refractivity contribution in [3.8, 4) is 17.2 Å². The number of phenols is 1. The van der Waals surface area contributed by atoms with Crippen LogP contribution in [0.25, 0.3) is 0 Å². The quantitative estimate of drug-likeness (QED) is 0.659. The number of hydrogen-bond donors (Lipinski definition) is 2. The molecule has 34 heavy (non-hydrogen) atoms. The smallest absolute Gasteiger partial charge is 0.237 e. The lowest BCUT2D eigenvalue weighted by Gasteiger charge is -2.33. The zero-order valence-corrected chi connectivity index (χ0v) is 19.2. The van der Waals surface area contributed by atoms with Crippen LogP contribution in [-0.2, 0) is 9.59 Å². The molecule has 0 unspecified atom stereocenters. The van der Waals surface area contributed by atoms with E-state index in [2.05, 4.69) is 10.2 Å². The van der Waals surface area contributed by atoms with E-state index < -0.39 is 0 Å². The molecule has 1 atom stereocenters. The number of rotatable bonds is 5. The second kappa shape index (κ2) is 9.93. The van der Waals surface area contributed by atoms with Gasteiger partial charge < -0.3 is 24.8 Å². The molecule has 8 nitrogen and oxygen atoms in total. The van der Waals surface area contributed by atoms with Crippen LogP contribution >= 0.6 is 0 Å². The van der Waals surface area contributed by atoms with Crippen LogP contribution in [0.3, 0.4) is 0 Å². The molecule has 8 heteroatoms. The fraction of sp³-hybridized carbons (Fsp3) is 0.462. The molecule has 0 bridgehead atoms. The maximum atomic E-state index is 13.2. The molecule has 0 spiro atoms. The fourth-order valence-electron chi connectivity index (χ4n) is 5.13. The molecular weight excluding hydrogens is 434 g/mol. The van der Waals surface area contributed by atoms with Gasteiger partial charge in [-0.05, 0) is 68.6 Å². The van der Waals surface area contributed by atoms with E-state index in [1.165, 1.54) is 0 Å². The van der Waals surface area contributed by atoms with Crippen LogP contribution in [0.5, 0.6) is 17.2 Å². The molecule has 0 aromatic heterocycles. The summed E-state index contributed by atoms with van der Waals surface area (Å²) in [6, 6.07) is 12.8. The van der Waals surface area contributed by atoms with Crippen molar-refractivity contribution in [2.24, 2.45) is 5.92 Å². The molecule has 0 aliphatic carbocycles. The van der Waals surface area contributed by atoms with Gasteiger partial charge >= 0.3 is 0 Å². The minimum absolute atomic E-state index is 0.0604. The molecule has 0 saturated carbocycles. The number of carbonyl (C=O) groups excluding carboxylic acids is 2. The van der Waals surface area contributed by atoms with Crippen molar-refractivity contribution < 1.29 is 24.2 Å². The van der Waals surface area contributed by atoms with E-state index in [1.807, 2.05) is 23.1 Å². The summed E-state index contributed by atoms with van der Waals surface area (Å²) in [7, 11) is 0. The van der Waals surface area contributed by atoms with Crippen LogP contribution in [0.15, 0.2) is 42.5 Å². The number of nitrogens with zero attached hydrogens (tertiary/aromatic N) is 2. The summed E-state index contributed by atoms with van der Waals surface area (Å²) < 4.78 is 11.4. The summed E-state index contributed by atoms with van der Waals surface area (Å²) >= 11 is 0. The standard InChI is InChI=1S/C26H31N3O5/c30-22-6-2-1-4-20(22)27-26(32)18-9-12-28(13-10-18)17-25(31)29-11-3-5-21(29)19-7-8-23-24(16-19)34-15-14-33-23/h1-2,4,6-8,16,18,21,30H,3,5,9-15,17H2,(H,27,32)/t21-/m0/s1. The number of hydrogen-bond acceptors (Lipinski definition) is 6. The summed E-state index contributed by atoms with van der Waals surface area (Å²) in [6.07, 6.45) is 3.32. The van der Waals surface area contributed by atoms with Crippen molar-refractivity contribution in [1.29, 1.82) is 0 Å². The summed E-state index contributed by atoms with van der Waals surface area (Å²) in [4.78, 5) is 30.0. The van der Waals surface area contributed by atoms with Gasteiger partial charge in [-0.15, -0.1) is 0 Å². The Kier molecular flexibility index (Phi) is 6.58. The van der Waals surface area contributed by atoms with Crippen molar-refractivity contribution in [1.82, 2.24) is 9.80 Å². The molecule has 2 fully saturated rings. The third kappa shape index (κ3) is 4.82. The van der Waals surface area contributed by atoms with E-state index in [4.69, 9.17) is 9.47 Å². The van der Waals surface area contributed by atoms with Gasteiger partial charge in [0.2, 0.25) is 11.8 Å². The first-order chi connectivity index (χ1) is 16.6. The summed E-state index contributed by atoms with van der Waals surface area (Å²) in [5, 5.41) is 12.7. The largest absolute Gasteiger partial charge is 0.506 e. The molecule has 5 rings (SSSR count). The number of likely N-dealkylation sites (tertiary alicyclic amines) is 2. The minimum Gasteiger partial charge on any atom is -0.506 e. The van der Waals surface area contributed by atoms with Gasteiger partial charge in [-0.2, -0.15) is 0 Å². The van der Waals surface area contributed by atoms with E-state index >= 15 is 0 Å². The Balaban J connectivity index is 1.14. The van der Waals surface area contributed by atoms with Crippen molar-refractivity contribution >= 4 is 17.5 Å². The third-order valence-corrected chi connectivity index (χ3v) is 7.00. The van der Waals surface area contributed by atoms with Crippen LogP contribution in [0.1, 0.15) is 37.3 Å². The highest BCUT2D eigenvalue weighted by Crippen LogP contribution is 2.38. The molecule has 3 aliphatic heterocycles. The van der Waals surface area contributed by atoms with Gasteiger partial charge in [0.25, 0.3) is 0 Å². The Morgan fingerprint density at radius 3 is 2.53 bits per heavy atom. The number of aromatic hydroxyl groups is 1. The number of nitrogens with one attached hydrogen (secondary N) is 1. The van der Waals surface area contributed by atoms with Crippen molar-refractivity contribution in [3.05, 3.63) is 48.0 Å². The van der Waals surface area contributed by atoms with E-state index in [9.17, 15) is 14.7 Å². The average Bonchev–Trinajstić information content (AvgIpc) is 3.36. The molecule has 2 N–H and O–H groups in total. The lowest BCUT2D eigenvalue weighted by molar-refractivity contribution is -0.133. The van der Waals surface area contributed by atoms with Crippen LogP contribution in [0, 0.1) is 5.92 Å². The summed E-state index contributed by atoms with van der Waals surface area (Å²) in [5.41, 5.74) is 1.53. The first-order valence-electron chi connectivity index (χ1n) is 12.1. The van der Waals surface area contributed by atoms with E-state index in [0.29, 0.717) is 51.4 Å². The Morgan fingerprint density at radius 2 is 1.74 bits per heavy atom. The molecule has 2 aromatic rings.